The third-order valence-corrected chi connectivity index (χ3v) is 13.1. The van der Waals surface area contributed by atoms with Crippen LogP contribution < -0.4 is 9.80 Å². The normalized spacial score (nSPS) is 12.2. The summed E-state index contributed by atoms with van der Waals surface area (Å²) in [5, 5.41) is 10.8. The van der Waals surface area contributed by atoms with E-state index in [-0.39, 0.29) is 0 Å². The Kier molecular flexibility index (Phi) is 6.77. The van der Waals surface area contributed by atoms with E-state index < -0.39 is 0 Å². The molecule has 0 bridgehead atoms. The molecule has 0 amide bonds. The van der Waals surface area contributed by atoms with E-state index >= 15 is 0 Å². The molecule has 5 nitrogen and oxygen atoms in total. The lowest BCUT2D eigenvalue weighted by Gasteiger charge is -2.28. The van der Waals surface area contributed by atoms with Gasteiger partial charge in [0.15, 0.2) is 0 Å². The fourth-order valence-electron chi connectivity index (χ4n) is 10.6. The number of rotatable bonds is 6. The van der Waals surface area contributed by atoms with Gasteiger partial charge in [-0.05, 0) is 72.1 Å². The van der Waals surface area contributed by atoms with Crippen molar-refractivity contribution in [3.05, 3.63) is 212 Å². The van der Waals surface area contributed by atoms with E-state index in [1.54, 1.807) is 0 Å². The van der Waals surface area contributed by atoms with E-state index in [0.717, 1.165) is 67.1 Å². The Labute approximate surface area is 355 Å². The average molecular weight is 790 g/mol. The first kappa shape index (κ1) is 33.4. The molecule has 0 saturated carbocycles. The molecular formula is C57H35N5. The summed E-state index contributed by atoms with van der Waals surface area (Å²) >= 11 is 0. The van der Waals surface area contributed by atoms with Crippen LogP contribution in [0.2, 0.25) is 0 Å². The van der Waals surface area contributed by atoms with Crippen molar-refractivity contribution in [2.45, 2.75) is 0 Å². The molecule has 0 radical (unpaired) electrons. The summed E-state index contributed by atoms with van der Waals surface area (Å²) in [4.78, 5) is 10.7. The highest BCUT2D eigenvalue weighted by atomic mass is 15.2. The summed E-state index contributed by atoms with van der Waals surface area (Å²) in [6.07, 6.45) is 0. The Balaban J connectivity index is 1.15. The highest BCUT2D eigenvalue weighted by molar-refractivity contribution is 6.30. The van der Waals surface area contributed by atoms with Crippen molar-refractivity contribution < 1.29 is 0 Å². The first-order valence-electron chi connectivity index (χ1n) is 21.2. The van der Waals surface area contributed by atoms with Crippen LogP contribution in [-0.2, 0) is 0 Å². The topological polar surface area (TPSA) is 28.2 Å². The summed E-state index contributed by atoms with van der Waals surface area (Å²) in [7, 11) is 0. The van der Waals surface area contributed by atoms with Gasteiger partial charge in [0, 0.05) is 65.8 Å². The maximum Gasteiger partial charge on any atom is 0.146 e. The van der Waals surface area contributed by atoms with Crippen molar-refractivity contribution in [1.82, 2.24) is 13.8 Å². The fraction of sp³-hybridized carbons (Fsp3) is 0. The number of hydrogen-bond donors (Lipinski definition) is 0. The predicted molar refractivity (Wildman–Crippen MR) is 260 cm³/mol. The number of nitrogens with zero attached hydrogens (tertiary/aromatic N) is 5. The number of pyridine rings is 1. The molecule has 288 valence electrons. The molecule has 0 aliphatic rings. The molecule has 14 aromatic rings. The summed E-state index contributed by atoms with van der Waals surface area (Å²) in [6, 6.07) is 76.8. The lowest BCUT2D eigenvalue weighted by atomic mass is 10.0. The van der Waals surface area contributed by atoms with Gasteiger partial charge in [-0.25, -0.2) is 4.98 Å². The van der Waals surface area contributed by atoms with Crippen LogP contribution in [0.25, 0.3) is 87.2 Å². The molecular weight excluding hydrogens is 755 g/mol. The van der Waals surface area contributed by atoms with E-state index in [1.807, 2.05) is 0 Å². The number of anilines is 6. The molecule has 0 atom stereocenters. The van der Waals surface area contributed by atoms with Gasteiger partial charge in [-0.15, -0.1) is 0 Å². The first-order valence-corrected chi connectivity index (χ1v) is 21.2. The van der Waals surface area contributed by atoms with Gasteiger partial charge in [0.1, 0.15) is 5.65 Å². The molecule has 0 aliphatic heterocycles. The second kappa shape index (κ2) is 12.6. The largest absolute Gasteiger partial charge is 0.308 e. The molecule has 0 fully saturated rings. The quantitative estimate of drug-likeness (QED) is 0.168. The van der Waals surface area contributed by atoms with Crippen LogP contribution in [0.1, 0.15) is 0 Å². The zero-order valence-corrected chi connectivity index (χ0v) is 33.4. The predicted octanol–water partition coefficient (Wildman–Crippen LogP) is 15.5. The van der Waals surface area contributed by atoms with Crippen molar-refractivity contribution in [3.63, 3.8) is 0 Å². The van der Waals surface area contributed by atoms with Gasteiger partial charge in [-0.2, -0.15) is 0 Å². The fourth-order valence-corrected chi connectivity index (χ4v) is 10.6. The molecule has 9 aromatic carbocycles. The second-order valence-electron chi connectivity index (χ2n) is 16.3. The van der Waals surface area contributed by atoms with E-state index in [4.69, 9.17) is 4.98 Å². The molecule has 5 heteroatoms. The smallest absolute Gasteiger partial charge is 0.146 e. The third kappa shape index (κ3) is 4.43. The van der Waals surface area contributed by atoms with E-state index in [2.05, 4.69) is 231 Å². The summed E-state index contributed by atoms with van der Waals surface area (Å²) in [5.74, 6) is 0. The Morgan fingerprint density at radius 2 is 0.790 bits per heavy atom. The van der Waals surface area contributed by atoms with Crippen LogP contribution in [-0.4, -0.2) is 13.8 Å². The molecule has 5 heterocycles. The monoisotopic (exact) mass is 789 g/mol. The van der Waals surface area contributed by atoms with Crippen LogP contribution in [0.3, 0.4) is 0 Å². The van der Waals surface area contributed by atoms with Gasteiger partial charge < -0.3 is 14.2 Å². The Hall–Kier alpha value is -8.41. The van der Waals surface area contributed by atoms with Gasteiger partial charge >= 0.3 is 0 Å². The van der Waals surface area contributed by atoms with Crippen LogP contribution in [0.5, 0.6) is 0 Å². The Bertz CT molecular complexity index is 3950. The molecule has 5 aromatic heterocycles. The first-order chi connectivity index (χ1) is 30.8. The number of fused-ring (bicyclic) bond motifs is 13. The second-order valence-corrected chi connectivity index (χ2v) is 16.3. The molecule has 0 aliphatic carbocycles. The SMILES string of the molecule is c1ccc(N(c2ccccc2)c2cccc3c4cccc5c6nc7c(cc6n(c23)c45)c2cccc3c4cc5ccccc5c(N(c5ccccc5)c5ccccc5)c4n7c23)cc1. The lowest BCUT2D eigenvalue weighted by molar-refractivity contribution is 1.25. The van der Waals surface area contributed by atoms with E-state index in [0.29, 0.717) is 0 Å². The molecule has 0 saturated heterocycles. The van der Waals surface area contributed by atoms with Crippen LogP contribution in [0.15, 0.2) is 212 Å². The minimum atomic E-state index is 0.963. The van der Waals surface area contributed by atoms with Crippen molar-refractivity contribution >= 4 is 121 Å². The van der Waals surface area contributed by atoms with E-state index in [1.165, 1.54) is 54.3 Å². The Morgan fingerprint density at radius 3 is 1.42 bits per heavy atom. The summed E-state index contributed by atoms with van der Waals surface area (Å²) in [6.45, 7) is 0. The Morgan fingerprint density at radius 1 is 0.323 bits per heavy atom. The molecule has 0 spiro atoms. The van der Waals surface area contributed by atoms with Crippen molar-refractivity contribution in [2.75, 3.05) is 9.80 Å². The summed E-state index contributed by atoms with van der Waals surface area (Å²) in [5.41, 5.74) is 14.4. The summed E-state index contributed by atoms with van der Waals surface area (Å²) < 4.78 is 4.97. The standard InChI is InChI=1S/C57H35N5/c1-5-19-37(20-6-1)59(38-21-7-2-8-22-38)49-33-17-31-43-42-28-16-32-46-51-50(61(53(42)46)54(43)49)35-48-45-30-15-29-44-47-34-36-18-13-14-27-41(36)55(56(47)62(52(44)45)57(48)58-51)60(39-23-9-3-10-24-39)40-25-11-4-12-26-40/h1-35H. The molecule has 0 N–H and O–H groups in total. The van der Waals surface area contributed by atoms with Crippen molar-refractivity contribution in [2.24, 2.45) is 0 Å². The zero-order chi connectivity index (χ0) is 40.5. The van der Waals surface area contributed by atoms with Crippen LogP contribution in [0.4, 0.5) is 34.1 Å². The highest BCUT2D eigenvalue weighted by Gasteiger charge is 2.28. The highest BCUT2D eigenvalue weighted by Crippen LogP contribution is 2.50. The zero-order valence-electron chi connectivity index (χ0n) is 33.4. The van der Waals surface area contributed by atoms with Crippen molar-refractivity contribution in [3.8, 4) is 0 Å². The molecule has 62 heavy (non-hydrogen) atoms. The minimum Gasteiger partial charge on any atom is -0.308 e. The van der Waals surface area contributed by atoms with Gasteiger partial charge in [-0.3, -0.25) is 4.40 Å². The molecule has 14 rings (SSSR count). The minimum absolute atomic E-state index is 0.963. The maximum absolute atomic E-state index is 5.84. The number of para-hydroxylation sites is 7. The number of hydrogen-bond acceptors (Lipinski definition) is 3. The number of benzene rings is 9. The van der Waals surface area contributed by atoms with Gasteiger partial charge in [0.05, 0.1) is 44.5 Å². The molecule has 0 unspecified atom stereocenters. The number of aromatic nitrogens is 3. The van der Waals surface area contributed by atoms with Crippen LogP contribution >= 0.6 is 0 Å². The third-order valence-electron chi connectivity index (χ3n) is 13.1. The van der Waals surface area contributed by atoms with E-state index in [9.17, 15) is 0 Å². The van der Waals surface area contributed by atoms with Crippen molar-refractivity contribution in [1.29, 1.82) is 0 Å². The van der Waals surface area contributed by atoms with Gasteiger partial charge in [-0.1, -0.05) is 146 Å². The van der Waals surface area contributed by atoms with Crippen LogP contribution in [0, 0.1) is 0 Å². The maximum atomic E-state index is 5.84. The van der Waals surface area contributed by atoms with Gasteiger partial charge in [0.25, 0.3) is 0 Å². The lowest BCUT2D eigenvalue weighted by Crippen LogP contribution is -2.11. The average Bonchev–Trinajstić information content (AvgIpc) is 4.06. The van der Waals surface area contributed by atoms with Gasteiger partial charge in [0.2, 0.25) is 0 Å².